The standard InChI is InChI=1S/C21H25.C13H10.C10H15.Hf/c1-20(2,3)16-9-7-14-11-15-8-10-17(21(4,5)6)13-19(15)18(14)12-16;1-3-7-12(8-4-1)11-13-9-5-2-6-10-13;1-8-5-6-9(7-8)10(2,3)4;/h7-13H,1-6H3;1-10H;6-8H,1-4H3;/q-1;;-1;+2. The van der Waals surface area contributed by atoms with E-state index in [4.69, 9.17) is 0 Å². The molecule has 0 bridgehead atoms. The first-order valence-electron chi connectivity index (χ1n) is 16.2. The molecule has 0 saturated heterocycles. The molecule has 5 aromatic rings. The summed E-state index contributed by atoms with van der Waals surface area (Å²) in [5, 5.41) is 5.49. The summed E-state index contributed by atoms with van der Waals surface area (Å²) < 4.78 is 1.46. The van der Waals surface area contributed by atoms with Crippen molar-refractivity contribution < 1.29 is 23.9 Å². The van der Waals surface area contributed by atoms with E-state index >= 15 is 0 Å². The van der Waals surface area contributed by atoms with Crippen LogP contribution in [0.5, 0.6) is 0 Å². The number of hydrogen-bond donors (Lipinski definition) is 0. The van der Waals surface area contributed by atoms with Crippen LogP contribution in [0.2, 0.25) is 0 Å². The van der Waals surface area contributed by atoms with Gasteiger partial charge < -0.3 is 0 Å². The van der Waals surface area contributed by atoms with Crippen LogP contribution >= 0.6 is 0 Å². The summed E-state index contributed by atoms with van der Waals surface area (Å²) in [6.07, 6.45) is 7.65. The molecule has 0 N–H and O–H groups in total. The van der Waals surface area contributed by atoms with Gasteiger partial charge in [0.05, 0.1) is 0 Å². The zero-order valence-corrected chi connectivity index (χ0v) is 32.6. The number of rotatable bonds is 2. The molecule has 45 heavy (non-hydrogen) atoms. The van der Waals surface area contributed by atoms with Gasteiger partial charge in [-0.05, 0) is 10.8 Å². The van der Waals surface area contributed by atoms with E-state index in [0.717, 1.165) is 23.9 Å². The Kier molecular flexibility index (Phi) is 11.0. The van der Waals surface area contributed by atoms with Crippen molar-refractivity contribution in [3.8, 4) is 0 Å². The van der Waals surface area contributed by atoms with E-state index in [1.54, 1.807) is 0 Å². The second-order valence-electron chi connectivity index (χ2n) is 15.3. The molecule has 230 valence electrons. The predicted molar refractivity (Wildman–Crippen MR) is 195 cm³/mol. The van der Waals surface area contributed by atoms with Crippen LogP contribution in [0.1, 0.15) is 91.5 Å². The van der Waals surface area contributed by atoms with Crippen molar-refractivity contribution >= 4 is 24.8 Å². The number of hydrogen-bond acceptors (Lipinski definition) is 0. The predicted octanol–water partition coefficient (Wildman–Crippen LogP) is 12.1. The molecule has 1 aliphatic carbocycles. The van der Waals surface area contributed by atoms with Gasteiger partial charge in [0.1, 0.15) is 0 Å². The van der Waals surface area contributed by atoms with Crippen LogP contribution in [0.15, 0.2) is 121 Å². The summed E-state index contributed by atoms with van der Waals surface area (Å²) in [5.74, 6) is 0.522. The van der Waals surface area contributed by atoms with Crippen molar-refractivity contribution in [1.29, 1.82) is 0 Å². The second-order valence-corrected chi connectivity index (χ2v) is 17.1. The molecule has 0 heterocycles. The summed E-state index contributed by atoms with van der Waals surface area (Å²) >= 11 is 1.08. The summed E-state index contributed by atoms with van der Waals surface area (Å²) in [7, 11) is 0. The van der Waals surface area contributed by atoms with Gasteiger partial charge >= 0.3 is 98.9 Å². The fraction of sp³-hybridized carbons (Fsp3) is 0.318. The molecule has 0 spiro atoms. The van der Waals surface area contributed by atoms with Gasteiger partial charge in [-0.2, -0.15) is 11.6 Å². The third-order valence-corrected chi connectivity index (χ3v) is 10.4. The minimum atomic E-state index is 0.194. The fourth-order valence-electron chi connectivity index (χ4n) is 5.36. The summed E-state index contributed by atoms with van der Waals surface area (Å²) in [4.78, 5) is 0. The molecule has 1 heteroatoms. The van der Waals surface area contributed by atoms with Crippen LogP contribution in [-0.4, -0.2) is 3.26 Å². The van der Waals surface area contributed by atoms with Gasteiger partial charge in [-0.25, -0.2) is 6.08 Å². The molecular formula is C44H50Hf. The Morgan fingerprint density at radius 1 is 0.600 bits per heavy atom. The monoisotopic (exact) mass is 758 g/mol. The molecule has 1 unspecified atom stereocenters. The Bertz CT molecular complexity index is 1680. The number of allylic oxidation sites excluding steroid dienone is 4. The molecule has 0 saturated carbocycles. The van der Waals surface area contributed by atoms with E-state index in [2.05, 4.69) is 191 Å². The zero-order valence-electron chi connectivity index (χ0n) is 29.0. The zero-order chi connectivity index (χ0) is 33.0. The minimum absolute atomic E-state index is 0.194. The van der Waals surface area contributed by atoms with Gasteiger partial charge in [0.15, 0.2) is 0 Å². The molecule has 1 atom stereocenters. The first-order valence-corrected chi connectivity index (χ1v) is 18.0. The SMILES string of the molecule is CC(C)(C)c1ccc2[cH-]c3ccc(C(C)(C)C)cc3c2c1.CC1[C-]=CC(C(C)(C)C)=C1.[Hf+2]=[C](c1ccccc1)c1ccccc1. The van der Waals surface area contributed by atoms with Gasteiger partial charge in [-0.15, -0.1) is 39.7 Å². The van der Waals surface area contributed by atoms with Crippen molar-refractivity contribution in [2.75, 3.05) is 0 Å². The van der Waals surface area contributed by atoms with Crippen LogP contribution in [0.25, 0.3) is 21.5 Å². The molecular weight excluding hydrogens is 707 g/mol. The Labute approximate surface area is 287 Å². The van der Waals surface area contributed by atoms with E-state index < -0.39 is 0 Å². The van der Waals surface area contributed by atoms with Gasteiger partial charge in [-0.1, -0.05) is 116 Å². The van der Waals surface area contributed by atoms with Crippen LogP contribution in [0, 0.1) is 17.4 Å². The van der Waals surface area contributed by atoms with Crippen molar-refractivity contribution in [3.63, 3.8) is 0 Å². The quantitative estimate of drug-likeness (QED) is 0.124. The van der Waals surface area contributed by atoms with Crippen molar-refractivity contribution in [2.45, 2.75) is 80.1 Å². The maximum absolute atomic E-state index is 3.26. The first-order chi connectivity index (χ1) is 21.0. The Hall–Kier alpha value is -3.03. The van der Waals surface area contributed by atoms with E-state index in [0.29, 0.717) is 11.3 Å². The Morgan fingerprint density at radius 3 is 1.33 bits per heavy atom. The molecule has 1 aliphatic rings. The topological polar surface area (TPSA) is 0 Å². The third kappa shape index (κ3) is 9.26. The van der Waals surface area contributed by atoms with Crippen LogP contribution in [0.4, 0.5) is 0 Å². The van der Waals surface area contributed by atoms with Crippen molar-refractivity contribution in [1.82, 2.24) is 0 Å². The molecule has 0 aromatic heterocycles. The number of fused-ring (bicyclic) bond motifs is 3. The average Bonchev–Trinajstić information content (AvgIpc) is 3.60. The van der Waals surface area contributed by atoms with Crippen molar-refractivity contribution in [2.24, 2.45) is 11.3 Å². The van der Waals surface area contributed by atoms with E-state index in [-0.39, 0.29) is 10.8 Å². The molecule has 0 amide bonds. The molecule has 0 aliphatic heterocycles. The van der Waals surface area contributed by atoms with Crippen LogP contribution < -0.4 is 0 Å². The average molecular weight is 757 g/mol. The van der Waals surface area contributed by atoms with Crippen LogP contribution in [0.3, 0.4) is 0 Å². The van der Waals surface area contributed by atoms with Gasteiger partial charge in [0.25, 0.3) is 0 Å². The first kappa shape index (κ1) is 34.8. The number of benzene rings is 4. The summed E-state index contributed by atoms with van der Waals surface area (Å²) in [6, 6.07) is 37.3. The molecule has 0 fully saturated rings. The van der Waals surface area contributed by atoms with E-state index in [1.807, 2.05) is 0 Å². The molecule has 6 rings (SSSR count). The maximum atomic E-state index is 3.26. The van der Waals surface area contributed by atoms with Gasteiger partial charge in [0.2, 0.25) is 0 Å². The van der Waals surface area contributed by atoms with Gasteiger partial charge in [0, 0.05) is 0 Å². The fourth-order valence-corrected chi connectivity index (χ4v) is 6.56. The normalized spacial score (nSPS) is 14.8. The van der Waals surface area contributed by atoms with Crippen LogP contribution in [-0.2, 0) is 34.7 Å². The Morgan fingerprint density at radius 2 is 1.02 bits per heavy atom. The van der Waals surface area contributed by atoms with E-state index in [9.17, 15) is 0 Å². The molecule has 0 nitrogen and oxygen atoms in total. The molecule has 5 aromatic carbocycles. The molecule has 0 radical (unpaired) electrons. The Balaban J connectivity index is 0.000000166. The summed E-state index contributed by atoms with van der Waals surface area (Å²) in [6.45, 7) is 22.5. The third-order valence-electron chi connectivity index (χ3n) is 8.36. The summed E-state index contributed by atoms with van der Waals surface area (Å²) in [5.41, 5.74) is 7.62. The van der Waals surface area contributed by atoms with Crippen molar-refractivity contribution in [3.05, 3.63) is 149 Å². The van der Waals surface area contributed by atoms with Gasteiger partial charge in [-0.3, -0.25) is 6.08 Å². The van der Waals surface area contributed by atoms with E-state index in [1.165, 1.54) is 52.6 Å². The second kappa shape index (κ2) is 14.2.